The molecular formula is C30H33NO4S. The highest BCUT2D eigenvalue weighted by Gasteiger charge is 2.47. The van der Waals surface area contributed by atoms with E-state index in [-0.39, 0.29) is 12.0 Å². The normalized spacial score (nSPS) is 16.0. The molecule has 2 aliphatic carbocycles. The third-order valence-electron chi connectivity index (χ3n) is 6.88. The van der Waals surface area contributed by atoms with Gasteiger partial charge in [-0.3, -0.25) is 9.78 Å². The average Bonchev–Trinajstić information content (AvgIpc) is 3.83. The zero-order chi connectivity index (χ0) is 25.0. The quantitative estimate of drug-likeness (QED) is 0.200. The number of carboxylic acid groups (broad SMARTS) is 1. The van der Waals surface area contributed by atoms with Gasteiger partial charge in [0.1, 0.15) is 5.75 Å². The van der Waals surface area contributed by atoms with E-state index in [1.165, 1.54) is 11.1 Å². The molecule has 0 unspecified atom stereocenters. The van der Waals surface area contributed by atoms with Crippen LogP contribution in [0.15, 0.2) is 65.8 Å². The van der Waals surface area contributed by atoms with E-state index in [1.54, 1.807) is 11.8 Å². The molecule has 0 atom stereocenters. The fourth-order valence-corrected chi connectivity index (χ4v) is 5.47. The molecule has 0 aliphatic heterocycles. The molecule has 0 bridgehead atoms. The second-order valence-electron chi connectivity index (χ2n) is 9.65. The van der Waals surface area contributed by atoms with Crippen LogP contribution in [-0.4, -0.2) is 27.9 Å². The van der Waals surface area contributed by atoms with Crippen LogP contribution in [-0.2, 0) is 28.2 Å². The molecule has 6 heteroatoms. The summed E-state index contributed by atoms with van der Waals surface area (Å²) in [6.45, 7) is 2.71. The fraction of sp³-hybridized carbons (Fsp3) is 0.400. The van der Waals surface area contributed by atoms with Crippen molar-refractivity contribution in [3.05, 3.63) is 77.6 Å². The van der Waals surface area contributed by atoms with Crippen LogP contribution in [0.5, 0.6) is 5.75 Å². The molecule has 5 rings (SSSR count). The summed E-state index contributed by atoms with van der Waals surface area (Å²) in [5, 5.41) is 8.88. The van der Waals surface area contributed by atoms with E-state index < -0.39 is 5.97 Å². The van der Waals surface area contributed by atoms with Crippen molar-refractivity contribution in [2.45, 2.75) is 75.1 Å². The first-order valence-electron chi connectivity index (χ1n) is 12.9. The van der Waals surface area contributed by atoms with E-state index in [2.05, 4.69) is 54.4 Å². The van der Waals surface area contributed by atoms with E-state index in [0.717, 1.165) is 65.2 Å². The second kappa shape index (κ2) is 11.1. The van der Waals surface area contributed by atoms with Crippen molar-refractivity contribution in [2.24, 2.45) is 0 Å². The smallest absolute Gasteiger partial charge is 0.303 e. The maximum absolute atomic E-state index is 10.8. The number of hydrogen-bond donors (Lipinski definition) is 1. The topological polar surface area (TPSA) is 68.7 Å². The van der Waals surface area contributed by atoms with Crippen LogP contribution < -0.4 is 4.74 Å². The molecule has 1 aromatic heterocycles. The van der Waals surface area contributed by atoms with Crippen molar-refractivity contribution in [2.75, 3.05) is 5.75 Å². The highest BCUT2D eigenvalue weighted by atomic mass is 32.2. The van der Waals surface area contributed by atoms with Gasteiger partial charge in [-0.1, -0.05) is 31.2 Å². The number of rotatable bonds is 13. The summed E-state index contributed by atoms with van der Waals surface area (Å²) in [5.74, 6) is 0.991. The fourth-order valence-electron chi connectivity index (χ4n) is 4.56. The van der Waals surface area contributed by atoms with E-state index in [9.17, 15) is 4.79 Å². The summed E-state index contributed by atoms with van der Waals surface area (Å²) < 4.78 is 12.9. The Balaban J connectivity index is 1.34. The molecule has 2 aliphatic rings. The summed E-state index contributed by atoms with van der Waals surface area (Å²) in [4.78, 5) is 16.4. The number of carboxylic acids is 1. The Morgan fingerprint density at radius 1 is 1.11 bits per heavy atom. The Kier molecular flexibility index (Phi) is 7.63. The number of aliphatic carboxylic acids is 1. The van der Waals surface area contributed by atoms with Crippen LogP contribution in [0.2, 0.25) is 0 Å². The first-order valence-corrected chi connectivity index (χ1v) is 13.9. The molecule has 0 saturated heterocycles. The molecule has 188 valence electrons. The summed E-state index contributed by atoms with van der Waals surface area (Å²) in [6, 6.07) is 16.9. The van der Waals surface area contributed by atoms with Gasteiger partial charge in [-0.15, -0.1) is 11.8 Å². The largest absolute Gasteiger partial charge is 0.490 e. The molecule has 0 amide bonds. The average molecular weight is 504 g/mol. The van der Waals surface area contributed by atoms with Crippen molar-refractivity contribution in [1.82, 2.24) is 4.98 Å². The maximum atomic E-state index is 10.8. The number of aromatic nitrogens is 1. The lowest BCUT2D eigenvalue weighted by Crippen LogP contribution is -2.15. The van der Waals surface area contributed by atoms with Crippen molar-refractivity contribution in [3.8, 4) is 16.9 Å². The Morgan fingerprint density at radius 3 is 2.69 bits per heavy atom. The van der Waals surface area contributed by atoms with E-state index in [4.69, 9.17) is 14.6 Å². The SMILES string of the molecule is CCc1ccc(SCCCC(=O)O)cc1COC1(c2cnccc2-c2ccccc2OC2CC2)CC1. The van der Waals surface area contributed by atoms with Crippen molar-refractivity contribution in [1.29, 1.82) is 0 Å². The highest BCUT2D eigenvalue weighted by molar-refractivity contribution is 7.99. The Hall–Kier alpha value is -2.83. The summed E-state index contributed by atoms with van der Waals surface area (Å²) >= 11 is 1.71. The molecule has 2 aromatic carbocycles. The van der Waals surface area contributed by atoms with E-state index in [0.29, 0.717) is 19.1 Å². The molecule has 5 nitrogen and oxygen atoms in total. The predicted octanol–water partition coefficient (Wildman–Crippen LogP) is 7.02. The van der Waals surface area contributed by atoms with Crippen molar-refractivity contribution in [3.63, 3.8) is 0 Å². The number of aryl methyl sites for hydroxylation is 1. The van der Waals surface area contributed by atoms with Crippen LogP contribution in [0.1, 0.15) is 62.1 Å². The van der Waals surface area contributed by atoms with Gasteiger partial charge in [0.05, 0.1) is 18.3 Å². The standard InChI is InChI=1S/C30H33NO4S/c1-2-21-9-12-24(36-17-5-8-29(32)33)18-22(21)20-34-30(14-15-30)27-19-31-16-13-25(27)26-6-3-4-7-28(26)35-23-10-11-23/h3-4,6-7,9,12-13,16,18-19,23H,2,5,8,10-11,14-15,17,20H2,1H3,(H,32,33). The van der Waals surface area contributed by atoms with Gasteiger partial charge in [-0.2, -0.15) is 0 Å². The van der Waals surface area contributed by atoms with Crippen LogP contribution in [0.3, 0.4) is 0 Å². The first-order chi connectivity index (χ1) is 17.6. The van der Waals surface area contributed by atoms with Gasteiger partial charge >= 0.3 is 5.97 Å². The number of carbonyl (C=O) groups is 1. The highest BCUT2D eigenvalue weighted by Crippen LogP contribution is 2.53. The molecule has 0 radical (unpaired) electrons. The minimum absolute atomic E-state index is 0.209. The van der Waals surface area contributed by atoms with Gasteiger partial charge in [0, 0.05) is 34.8 Å². The van der Waals surface area contributed by atoms with Crippen LogP contribution in [0.25, 0.3) is 11.1 Å². The number of benzene rings is 2. The summed E-state index contributed by atoms with van der Waals surface area (Å²) in [5.41, 5.74) is 5.54. The number of pyridine rings is 1. The van der Waals surface area contributed by atoms with Gasteiger partial charge in [-0.25, -0.2) is 0 Å². The molecule has 1 N–H and O–H groups in total. The van der Waals surface area contributed by atoms with Crippen LogP contribution >= 0.6 is 11.8 Å². The minimum atomic E-state index is -0.739. The lowest BCUT2D eigenvalue weighted by molar-refractivity contribution is -0.137. The molecule has 1 heterocycles. The lowest BCUT2D eigenvalue weighted by Gasteiger charge is -2.22. The minimum Gasteiger partial charge on any atom is -0.490 e. The van der Waals surface area contributed by atoms with Crippen molar-refractivity contribution >= 4 is 17.7 Å². The Labute approximate surface area is 217 Å². The second-order valence-corrected chi connectivity index (χ2v) is 10.8. The third-order valence-corrected chi connectivity index (χ3v) is 7.96. The zero-order valence-electron chi connectivity index (χ0n) is 20.7. The Bertz CT molecular complexity index is 1220. The number of hydrogen-bond acceptors (Lipinski definition) is 5. The van der Waals surface area contributed by atoms with Gasteiger partial charge < -0.3 is 14.6 Å². The van der Waals surface area contributed by atoms with Gasteiger partial charge in [0.2, 0.25) is 0 Å². The van der Waals surface area contributed by atoms with Gasteiger partial charge in [0.25, 0.3) is 0 Å². The number of para-hydroxylation sites is 1. The monoisotopic (exact) mass is 503 g/mol. The van der Waals surface area contributed by atoms with E-state index >= 15 is 0 Å². The molecule has 2 saturated carbocycles. The maximum Gasteiger partial charge on any atom is 0.303 e. The third kappa shape index (κ3) is 5.93. The predicted molar refractivity (Wildman–Crippen MR) is 142 cm³/mol. The van der Waals surface area contributed by atoms with Crippen LogP contribution in [0, 0.1) is 0 Å². The molecule has 3 aromatic rings. The summed E-state index contributed by atoms with van der Waals surface area (Å²) in [7, 11) is 0. The lowest BCUT2D eigenvalue weighted by atomic mass is 9.96. The van der Waals surface area contributed by atoms with E-state index in [1.807, 2.05) is 18.5 Å². The molecule has 0 spiro atoms. The van der Waals surface area contributed by atoms with Crippen molar-refractivity contribution < 1.29 is 19.4 Å². The molecule has 2 fully saturated rings. The molecular weight excluding hydrogens is 470 g/mol. The number of thioether (sulfide) groups is 1. The Morgan fingerprint density at radius 2 is 1.94 bits per heavy atom. The summed E-state index contributed by atoms with van der Waals surface area (Å²) in [6.07, 6.45) is 10.2. The number of ether oxygens (including phenoxy) is 2. The van der Waals surface area contributed by atoms with Gasteiger partial charge in [-0.05, 0) is 85.2 Å². The zero-order valence-corrected chi connectivity index (χ0v) is 21.6. The molecule has 36 heavy (non-hydrogen) atoms. The first kappa shape index (κ1) is 24.8. The van der Waals surface area contributed by atoms with Crippen LogP contribution in [0.4, 0.5) is 0 Å². The van der Waals surface area contributed by atoms with Gasteiger partial charge in [0.15, 0.2) is 0 Å². The number of nitrogens with zero attached hydrogens (tertiary/aromatic N) is 1.